The number of likely N-dealkylation sites (tertiary alicyclic amines) is 1. The highest BCUT2D eigenvalue weighted by atomic mass is 16.5. The van der Waals surface area contributed by atoms with E-state index in [0.29, 0.717) is 19.6 Å². The van der Waals surface area contributed by atoms with Crippen LogP contribution in [0, 0.1) is 5.92 Å². The highest BCUT2D eigenvalue weighted by Crippen LogP contribution is 2.19. The molecular formula is C16H24N2O3. The number of ether oxygens (including phenoxy) is 1. The smallest absolute Gasteiger partial charge is 0.310 e. The van der Waals surface area contributed by atoms with Gasteiger partial charge in [-0.3, -0.25) is 9.59 Å². The fourth-order valence-electron chi connectivity index (χ4n) is 2.81. The van der Waals surface area contributed by atoms with Gasteiger partial charge in [0.15, 0.2) is 0 Å². The molecule has 1 saturated heterocycles. The Labute approximate surface area is 125 Å². The van der Waals surface area contributed by atoms with E-state index in [0.717, 1.165) is 31.5 Å². The van der Waals surface area contributed by atoms with Gasteiger partial charge in [-0.15, -0.1) is 0 Å². The zero-order valence-electron chi connectivity index (χ0n) is 12.9. The summed E-state index contributed by atoms with van der Waals surface area (Å²) < 4.78 is 7.10. The number of aromatic nitrogens is 1. The molecule has 1 unspecified atom stereocenters. The summed E-state index contributed by atoms with van der Waals surface area (Å²) in [6, 6.07) is 4.02. The molecule has 0 aromatic carbocycles. The number of nitrogens with zero attached hydrogens (tertiary/aromatic N) is 2. The van der Waals surface area contributed by atoms with E-state index in [1.807, 2.05) is 41.8 Å². The minimum atomic E-state index is -0.169. The molecule has 5 nitrogen and oxygen atoms in total. The van der Waals surface area contributed by atoms with Crippen LogP contribution in [-0.2, 0) is 27.8 Å². The maximum atomic E-state index is 12.3. The third kappa shape index (κ3) is 4.09. The van der Waals surface area contributed by atoms with Crippen molar-refractivity contribution in [1.29, 1.82) is 0 Å². The normalized spacial score (nSPS) is 18.6. The zero-order valence-corrected chi connectivity index (χ0v) is 12.9. The first-order valence-electron chi connectivity index (χ1n) is 7.66. The topological polar surface area (TPSA) is 51.5 Å². The first-order valence-corrected chi connectivity index (χ1v) is 7.66. The molecular weight excluding hydrogens is 268 g/mol. The Morgan fingerprint density at radius 1 is 1.43 bits per heavy atom. The fourth-order valence-corrected chi connectivity index (χ4v) is 2.81. The molecule has 0 spiro atoms. The summed E-state index contributed by atoms with van der Waals surface area (Å²) in [5, 5.41) is 0. The van der Waals surface area contributed by atoms with Crippen LogP contribution in [0.4, 0.5) is 0 Å². The van der Waals surface area contributed by atoms with Gasteiger partial charge < -0.3 is 14.2 Å². The van der Waals surface area contributed by atoms with Crippen molar-refractivity contribution in [3.05, 3.63) is 24.0 Å². The van der Waals surface area contributed by atoms with E-state index in [-0.39, 0.29) is 17.8 Å². The largest absolute Gasteiger partial charge is 0.466 e. The molecule has 21 heavy (non-hydrogen) atoms. The Morgan fingerprint density at radius 3 is 2.90 bits per heavy atom. The third-order valence-corrected chi connectivity index (χ3v) is 4.04. The summed E-state index contributed by atoms with van der Waals surface area (Å²) in [6.07, 6.45) is 4.91. The Kier molecular flexibility index (Phi) is 5.42. The van der Waals surface area contributed by atoms with E-state index in [4.69, 9.17) is 4.74 Å². The summed E-state index contributed by atoms with van der Waals surface area (Å²) in [5.41, 5.74) is 1.15. The standard InChI is InChI=1S/C16H24N2O3/c1-3-21-16(20)13-6-4-11-18(12-13)15(19)9-8-14-7-5-10-17(14)2/h5,7,10,13H,3-4,6,8-9,11-12H2,1-2H3. The first kappa shape index (κ1) is 15.6. The van der Waals surface area contributed by atoms with Crippen LogP contribution in [0.3, 0.4) is 0 Å². The summed E-state index contributed by atoms with van der Waals surface area (Å²) in [7, 11) is 1.98. The Balaban J connectivity index is 1.84. The highest BCUT2D eigenvalue weighted by Gasteiger charge is 2.29. The minimum absolute atomic E-state index is 0.130. The molecule has 0 bridgehead atoms. The number of esters is 1. The molecule has 5 heteroatoms. The summed E-state index contributed by atoms with van der Waals surface area (Å²) >= 11 is 0. The summed E-state index contributed by atoms with van der Waals surface area (Å²) in [4.78, 5) is 25.9. The van der Waals surface area contributed by atoms with Gasteiger partial charge in [0.2, 0.25) is 5.91 Å². The van der Waals surface area contributed by atoms with Gasteiger partial charge in [0.05, 0.1) is 12.5 Å². The Hall–Kier alpha value is -1.78. The predicted octanol–water partition coefficient (Wildman–Crippen LogP) is 1.76. The Bertz CT molecular complexity index is 495. The second kappa shape index (κ2) is 7.29. The highest BCUT2D eigenvalue weighted by molar-refractivity contribution is 5.78. The van der Waals surface area contributed by atoms with Crippen molar-refractivity contribution >= 4 is 11.9 Å². The lowest BCUT2D eigenvalue weighted by Gasteiger charge is -2.31. The van der Waals surface area contributed by atoms with Crippen LogP contribution in [-0.4, -0.2) is 41.0 Å². The minimum Gasteiger partial charge on any atom is -0.466 e. The Morgan fingerprint density at radius 2 is 2.24 bits per heavy atom. The van der Waals surface area contributed by atoms with E-state index in [1.165, 1.54) is 0 Å². The predicted molar refractivity (Wildman–Crippen MR) is 79.7 cm³/mol. The quantitative estimate of drug-likeness (QED) is 0.777. The van der Waals surface area contributed by atoms with Gasteiger partial charge in [0.25, 0.3) is 0 Å². The average Bonchev–Trinajstić information content (AvgIpc) is 2.90. The number of hydrogen-bond acceptors (Lipinski definition) is 3. The number of aryl methyl sites for hydroxylation is 2. The van der Waals surface area contributed by atoms with Crippen LogP contribution in [0.5, 0.6) is 0 Å². The molecule has 116 valence electrons. The lowest BCUT2D eigenvalue weighted by molar-refractivity contribution is -0.151. The number of hydrogen-bond donors (Lipinski definition) is 0. The lowest BCUT2D eigenvalue weighted by Crippen LogP contribution is -2.42. The number of carbonyl (C=O) groups is 2. The van der Waals surface area contributed by atoms with Gasteiger partial charge in [-0.25, -0.2) is 0 Å². The molecule has 0 saturated carbocycles. The van der Waals surface area contributed by atoms with Crippen LogP contribution >= 0.6 is 0 Å². The van der Waals surface area contributed by atoms with Crippen LogP contribution in [0.15, 0.2) is 18.3 Å². The molecule has 1 atom stereocenters. The van der Waals surface area contributed by atoms with Crippen molar-refractivity contribution in [1.82, 2.24) is 9.47 Å². The molecule has 1 aliphatic rings. The van der Waals surface area contributed by atoms with Crippen molar-refractivity contribution in [2.45, 2.75) is 32.6 Å². The molecule has 0 aliphatic carbocycles. The van der Waals surface area contributed by atoms with Crippen molar-refractivity contribution in [3.63, 3.8) is 0 Å². The van der Waals surface area contributed by atoms with Crippen molar-refractivity contribution in [2.75, 3.05) is 19.7 Å². The number of piperidine rings is 1. The molecule has 1 aliphatic heterocycles. The first-order chi connectivity index (χ1) is 10.1. The molecule has 1 aromatic heterocycles. The molecule has 1 amide bonds. The number of carbonyl (C=O) groups excluding carboxylic acids is 2. The van der Waals surface area contributed by atoms with Crippen molar-refractivity contribution in [3.8, 4) is 0 Å². The van der Waals surface area contributed by atoms with Crippen LogP contribution in [0.1, 0.15) is 31.9 Å². The van der Waals surface area contributed by atoms with E-state index in [1.54, 1.807) is 0 Å². The molecule has 0 N–H and O–H groups in total. The van der Waals surface area contributed by atoms with Gasteiger partial charge in [-0.05, 0) is 38.3 Å². The third-order valence-electron chi connectivity index (χ3n) is 4.04. The molecule has 2 rings (SSSR count). The van der Waals surface area contributed by atoms with E-state index in [2.05, 4.69) is 0 Å². The van der Waals surface area contributed by atoms with Crippen molar-refractivity contribution < 1.29 is 14.3 Å². The zero-order chi connectivity index (χ0) is 15.2. The van der Waals surface area contributed by atoms with Crippen LogP contribution < -0.4 is 0 Å². The number of rotatable bonds is 5. The van der Waals surface area contributed by atoms with E-state index in [9.17, 15) is 9.59 Å². The van der Waals surface area contributed by atoms with Gasteiger partial charge in [0, 0.05) is 38.4 Å². The van der Waals surface area contributed by atoms with Crippen LogP contribution in [0.25, 0.3) is 0 Å². The fraction of sp³-hybridized carbons (Fsp3) is 0.625. The van der Waals surface area contributed by atoms with Gasteiger partial charge in [-0.2, -0.15) is 0 Å². The molecule has 1 aromatic rings. The van der Waals surface area contributed by atoms with Crippen molar-refractivity contribution in [2.24, 2.45) is 13.0 Å². The van der Waals surface area contributed by atoms with Crippen LogP contribution in [0.2, 0.25) is 0 Å². The van der Waals surface area contributed by atoms with Gasteiger partial charge in [-0.1, -0.05) is 0 Å². The van der Waals surface area contributed by atoms with E-state index >= 15 is 0 Å². The summed E-state index contributed by atoms with van der Waals surface area (Å²) in [5.74, 6) is -0.194. The second-order valence-electron chi connectivity index (χ2n) is 5.54. The SMILES string of the molecule is CCOC(=O)C1CCCN(C(=O)CCc2cccn2C)C1. The monoisotopic (exact) mass is 292 g/mol. The molecule has 0 radical (unpaired) electrons. The molecule has 2 heterocycles. The average molecular weight is 292 g/mol. The maximum Gasteiger partial charge on any atom is 0.310 e. The second-order valence-corrected chi connectivity index (χ2v) is 5.54. The number of amides is 1. The van der Waals surface area contributed by atoms with Gasteiger partial charge in [0.1, 0.15) is 0 Å². The van der Waals surface area contributed by atoms with Gasteiger partial charge >= 0.3 is 5.97 Å². The molecule has 1 fully saturated rings. The lowest BCUT2D eigenvalue weighted by atomic mass is 9.98. The van der Waals surface area contributed by atoms with E-state index < -0.39 is 0 Å². The maximum absolute atomic E-state index is 12.3. The summed E-state index contributed by atoms with van der Waals surface area (Å²) in [6.45, 7) is 3.47.